The second kappa shape index (κ2) is 8.10. The number of nitrogens with zero attached hydrogens (tertiary/aromatic N) is 1. The van der Waals surface area contributed by atoms with Crippen LogP contribution in [0.1, 0.15) is 32.6 Å². The van der Waals surface area contributed by atoms with E-state index in [1.165, 1.54) is 19.5 Å². The SMILES string of the molecule is CCC(CO)(CCCN1CCC(COC)C1)NC. The van der Waals surface area contributed by atoms with Crippen LogP contribution in [0.15, 0.2) is 0 Å². The van der Waals surface area contributed by atoms with Gasteiger partial charge < -0.3 is 20.1 Å². The fraction of sp³-hybridized carbons (Fsp3) is 1.00. The Hall–Kier alpha value is -0.160. The summed E-state index contributed by atoms with van der Waals surface area (Å²) >= 11 is 0. The van der Waals surface area contributed by atoms with Gasteiger partial charge in [0.15, 0.2) is 0 Å². The maximum absolute atomic E-state index is 9.49. The summed E-state index contributed by atoms with van der Waals surface area (Å²) in [5.41, 5.74) is -0.0777. The van der Waals surface area contributed by atoms with E-state index in [0.29, 0.717) is 5.92 Å². The molecule has 4 heteroatoms. The smallest absolute Gasteiger partial charge is 0.0613 e. The fourth-order valence-electron chi connectivity index (χ4n) is 2.88. The predicted octanol–water partition coefficient (Wildman–Crippen LogP) is 1.10. The normalized spacial score (nSPS) is 24.3. The molecule has 18 heavy (non-hydrogen) atoms. The zero-order valence-electron chi connectivity index (χ0n) is 12.2. The van der Waals surface area contributed by atoms with E-state index in [9.17, 15) is 5.11 Å². The van der Waals surface area contributed by atoms with Gasteiger partial charge in [0.05, 0.1) is 13.2 Å². The van der Waals surface area contributed by atoms with Crippen LogP contribution in [-0.4, -0.2) is 62.6 Å². The second-order valence-corrected chi connectivity index (χ2v) is 5.56. The highest BCUT2D eigenvalue weighted by atomic mass is 16.5. The number of aliphatic hydroxyl groups is 1. The molecule has 2 N–H and O–H groups in total. The molecule has 1 rings (SSSR count). The van der Waals surface area contributed by atoms with Crippen LogP contribution in [0.5, 0.6) is 0 Å². The molecule has 108 valence electrons. The van der Waals surface area contributed by atoms with Crippen molar-refractivity contribution in [1.29, 1.82) is 0 Å². The number of aliphatic hydroxyl groups excluding tert-OH is 1. The number of hydrogen-bond donors (Lipinski definition) is 2. The van der Waals surface area contributed by atoms with E-state index in [2.05, 4.69) is 17.1 Å². The number of ether oxygens (including phenoxy) is 1. The molecule has 1 fully saturated rings. The van der Waals surface area contributed by atoms with Crippen molar-refractivity contribution in [3.8, 4) is 0 Å². The molecule has 2 atom stereocenters. The molecule has 0 aromatic carbocycles. The van der Waals surface area contributed by atoms with Crippen LogP contribution in [0.25, 0.3) is 0 Å². The third-order valence-corrected chi connectivity index (χ3v) is 4.41. The zero-order chi connectivity index (χ0) is 13.4. The van der Waals surface area contributed by atoms with Gasteiger partial charge in [0, 0.05) is 19.2 Å². The van der Waals surface area contributed by atoms with Gasteiger partial charge in [-0.2, -0.15) is 0 Å². The first-order chi connectivity index (χ1) is 8.69. The van der Waals surface area contributed by atoms with E-state index < -0.39 is 0 Å². The third-order valence-electron chi connectivity index (χ3n) is 4.41. The van der Waals surface area contributed by atoms with E-state index in [-0.39, 0.29) is 12.1 Å². The van der Waals surface area contributed by atoms with Crippen LogP contribution in [0.4, 0.5) is 0 Å². The van der Waals surface area contributed by atoms with Crippen molar-refractivity contribution in [1.82, 2.24) is 10.2 Å². The maximum atomic E-state index is 9.49. The topological polar surface area (TPSA) is 44.7 Å². The lowest BCUT2D eigenvalue weighted by atomic mass is 9.91. The standard InChI is InChI=1S/C14H30N2O2/c1-4-14(12-17,15-2)7-5-8-16-9-6-13(10-16)11-18-3/h13,15,17H,4-12H2,1-3H3. The molecule has 0 aromatic rings. The zero-order valence-corrected chi connectivity index (χ0v) is 12.2. The van der Waals surface area contributed by atoms with Gasteiger partial charge in [-0.3, -0.25) is 0 Å². The van der Waals surface area contributed by atoms with Crippen molar-refractivity contribution in [2.75, 3.05) is 47.0 Å². The highest BCUT2D eigenvalue weighted by molar-refractivity contribution is 4.85. The summed E-state index contributed by atoms with van der Waals surface area (Å²) in [6, 6.07) is 0. The number of methoxy groups -OCH3 is 1. The average molecular weight is 258 g/mol. The Labute approximate surface area is 112 Å². The number of likely N-dealkylation sites (tertiary alicyclic amines) is 1. The average Bonchev–Trinajstić information content (AvgIpc) is 2.84. The van der Waals surface area contributed by atoms with Gasteiger partial charge in [0.1, 0.15) is 0 Å². The van der Waals surface area contributed by atoms with Gasteiger partial charge in [0.25, 0.3) is 0 Å². The van der Waals surface area contributed by atoms with E-state index in [1.54, 1.807) is 7.11 Å². The largest absolute Gasteiger partial charge is 0.394 e. The molecule has 0 amide bonds. The van der Waals surface area contributed by atoms with Gasteiger partial charge in [0.2, 0.25) is 0 Å². The number of hydrogen-bond acceptors (Lipinski definition) is 4. The van der Waals surface area contributed by atoms with Gasteiger partial charge in [-0.25, -0.2) is 0 Å². The number of nitrogens with one attached hydrogen (secondary N) is 1. The maximum Gasteiger partial charge on any atom is 0.0613 e. The molecule has 0 spiro atoms. The molecule has 0 saturated carbocycles. The Morgan fingerprint density at radius 1 is 1.50 bits per heavy atom. The molecule has 1 aliphatic rings. The van der Waals surface area contributed by atoms with Gasteiger partial charge in [-0.05, 0) is 51.7 Å². The van der Waals surface area contributed by atoms with Crippen molar-refractivity contribution in [2.24, 2.45) is 5.92 Å². The lowest BCUT2D eigenvalue weighted by molar-refractivity contribution is 0.142. The summed E-state index contributed by atoms with van der Waals surface area (Å²) in [4.78, 5) is 2.52. The lowest BCUT2D eigenvalue weighted by Crippen LogP contribution is -2.46. The van der Waals surface area contributed by atoms with E-state index >= 15 is 0 Å². The summed E-state index contributed by atoms with van der Waals surface area (Å²) in [5.74, 6) is 0.716. The molecule has 0 radical (unpaired) electrons. The second-order valence-electron chi connectivity index (χ2n) is 5.56. The first-order valence-corrected chi connectivity index (χ1v) is 7.20. The molecular formula is C14H30N2O2. The lowest BCUT2D eigenvalue weighted by Gasteiger charge is -2.31. The predicted molar refractivity (Wildman–Crippen MR) is 74.8 cm³/mol. The van der Waals surface area contributed by atoms with Crippen LogP contribution in [-0.2, 0) is 4.74 Å². The number of rotatable bonds is 9. The molecule has 0 aliphatic carbocycles. The van der Waals surface area contributed by atoms with Crippen LogP contribution in [0.3, 0.4) is 0 Å². The Morgan fingerprint density at radius 3 is 2.83 bits per heavy atom. The Balaban J connectivity index is 2.22. The summed E-state index contributed by atoms with van der Waals surface area (Å²) in [7, 11) is 3.73. The van der Waals surface area contributed by atoms with Crippen molar-refractivity contribution >= 4 is 0 Å². The van der Waals surface area contributed by atoms with E-state index in [4.69, 9.17) is 4.74 Å². The molecule has 0 bridgehead atoms. The Morgan fingerprint density at radius 2 is 2.28 bits per heavy atom. The van der Waals surface area contributed by atoms with Crippen LogP contribution in [0, 0.1) is 5.92 Å². The van der Waals surface area contributed by atoms with Crippen LogP contribution in [0.2, 0.25) is 0 Å². The fourth-order valence-corrected chi connectivity index (χ4v) is 2.88. The van der Waals surface area contributed by atoms with Crippen molar-refractivity contribution < 1.29 is 9.84 Å². The molecule has 1 aliphatic heterocycles. The Bertz CT molecular complexity index is 212. The minimum absolute atomic E-state index is 0.0777. The van der Waals surface area contributed by atoms with Crippen LogP contribution >= 0.6 is 0 Å². The summed E-state index contributed by atoms with van der Waals surface area (Å²) in [6.45, 7) is 6.77. The van der Waals surface area contributed by atoms with E-state index in [1.807, 2.05) is 7.05 Å². The first-order valence-electron chi connectivity index (χ1n) is 7.20. The van der Waals surface area contributed by atoms with Gasteiger partial charge in [-0.1, -0.05) is 6.92 Å². The van der Waals surface area contributed by atoms with Gasteiger partial charge >= 0.3 is 0 Å². The monoisotopic (exact) mass is 258 g/mol. The highest BCUT2D eigenvalue weighted by Gasteiger charge is 2.26. The molecule has 2 unspecified atom stereocenters. The molecule has 1 heterocycles. The minimum Gasteiger partial charge on any atom is -0.394 e. The van der Waals surface area contributed by atoms with Crippen LogP contribution < -0.4 is 5.32 Å². The number of likely N-dealkylation sites (N-methyl/N-ethyl adjacent to an activating group) is 1. The summed E-state index contributed by atoms with van der Waals surface area (Å²) in [6.07, 6.45) is 4.43. The Kier molecular flexibility index (Phi) is 7.15. The highest BCUT2D eigenvalue weighted by Crippen LogP contribution is 2.20. The quantitative estimate of drug-likeness (QED) is 0.650. The summed E-state index contributed by atoms with van der Waals surface area (Å²) in [5, 5.41) is 12.8. The molecular weight excluding hydrogens is 228 g/mol. The molecule has 0 aromatic heterocycles. The van der Waals surface area contributed by atoms with Crippen molar-refractivity contribution in [2.45, 2.75) is 38.1 Å². The van der Waals surface area contributed by atoms with E-state index in [0.717, 1.165) is 32.4 Å². The van der Waals surface area contributed by atoms with Gasteiger partial charge in [-0.15, -0.1) is 0 Å². The van der Waals surface area contributed by atoms with Crippen molar-refractivity contribution in [3.63, 3.8) is 0 Å². The van der Waals surface area contributed by atoms with Crippen molar-refractivity contribution in [3.05, 3.63) is 0 Å². The molecule has 4 nitrogen and oxygen atoms in total. The third kappa shape index (κ3) is 4.50. The minimum atomic E-state index is -0.0777. The first kappa shape index (κ1) is 15.9. The molecule has 1 saturated heterocycles. The summed E-state index contributed by atoms with van der Waals surface area (Å²) < 4.78 is 5.22.